The highest BCUT2D eigenvalue weighted by atomic mass is 35.5. The van der Waals surface area contributed by atoms with Crippen LogP contribution >= 0.6 is 11.6 Å². The standard InChI is InChI=1S/C12H13ClFN3/c1-8(2)6-17-7-15-16-12(17)10-4-3-9(14)5-11(10)13/h3-5,7-8H,6H2,1-2H3. The molecule has 2 rings (SSSR count). The first kappa shape index (κ1) is 12.0. The fraction of sp³-hybridized carbons (Fsp3) is 0.333. The topological polar surface area (TPSA) is 30.7 Å². The third-order valence-electron chi connectivity index (χ3n) is 2.35. The second-order valence-electron chi connectivity index (χ2n) is 4.32. The summed E-state index contributed by atoms with van der Waals surface area (Å²) in [6.07, 6.45) is 1.66. The monoisotopic (exact) mass is 253 g/mol. The van der Waals surface area contributed by atoms with Crippen LogP contribution in [0.4, 0.5) is 4.39 Å². The van der Waals surface area contributed by atoms with Crippen LogP contribution in [0.15, 0.2) is 24.5 Å². The molecule has 5 heteroatoms. The van der Waals surface area contributed by atoms with Gasteiger partial charge in [0.15, 0.2) is 5.82 Å². The highest BCUT2D eigenvalue weighted by molar-refractivity contribution is 6.33. The van der Waals surface area contributed by atoms with Crippen molar-refractivity contribution in [2.24, 2.45) is 5.92 Å². The normalized spacial score (nSPS) is 11.1. The van der Waals surface area contributed by atoms with Crippen molar-refractivity contribution in [2.45, 2.75) is 20.4 Å². The summed E-state index contributed by atoms with van der Waals surface area (Å²) in [5.74, 6) is 0.793. The maximum Gasteiger partial charge on any atom is 0.165 e. The van der Waals surface area contributed by atoms with Gasteiger partial charge in [-0.1, -0.05) is 25.4 Å². The summed E-state index contributed by atoms with van der Waals surface area (Å²) in [4.78, 5) is 0. The number of aromatic nitrogens is 3. The minimum atomic E-state index is -0.353. The van der Waals surface area contributed by atoms with Gasteiger partial charge in [-0.3, -0.25) is 0 Å². The Kier molecular flexibility index (Phi) is 3.43. The van der Waals surface area contributed by atoms with Crippen LogP contribution in [0.2, 0.25) is 5.02 Å². The summed E-state index contributed by atoms with van der Waals surface area (Å²) in [6, 6.07) is 4.28. The van der Waals surface area contributed by atoms with E-state index in [1.165, 1.54) is 12.1 Å². The molecule has 0 aliphatic rings. The molecule has 17 heavy (non-hydrogen) atoms. The molecular formula is C12H13ClFN3. The molecule has 90 valence electrons. The number of halogens is 2. The molecule has 0 N–H and O–H groups in total. The molecule has 0 radical (unpaired) electrons. The van der Waals surface area contributed by atoms with Crippen molar-refractivity contribution in [1.29, 1.82) is 0 Å². The van der Waals surface area contributed by atoms with Crippen LogP contribution < -0.4 is 0 Å². The zero-order valence-electron chi connectivity index (χ0n) is 9.69. The van der Waals surface area contributed by atoms with Gasteiger partial charge in [0.1, 0.15) is 12.1 Å². The summed E-state index contributed by atoms with van der Waals surface area (Å²) in [6.45, 7) is 5.02. The average molecular weight is 254 g/mol. The van der Waals surface area contributed by atoms with Crippen molar-refractivity contribution in [3.8, 4) is 11.4 Å². The highest BCUT2D eigenvalue weighted by Crippen LogP contribution is 2.27. The number of hydrogen-bond donors (Lipinski definition) is 0. The lowest BCUT2D eigenvalue weighted by molar-refractivity contribution is 0.525. The van der Waals surface area contributed by atoms with Gasteiger partial charge in [0.25, 0.3) is 0 Å². The summed E-state index contributed by atoms with van der Waals surface area (Å²) in [7, 11) is 0. The van der Waals surface area contributed by atoms with E-state index in [1.807, 2.05) is 4.57 Å². The summed E-state index contributed by atoms with van der Waals surface area (Å²) < 4.78 is 14.9. The van der Waals surface area contributed by atoms with Crippen LogP contribution in [0, 0.1) is 11.7 Å². The fourth-order valence-corrected chi connectivity index (χ4v) is 1.91. The number of benzene rings is 1. The van der Waals surface area contributed by atoms with E-state index in [0.29, 0.717) is 22.3 Å². The van der Waals surface area contributed by atoms with Crippen LogP contribution in [0.3, 0.4) is 0 Å². The van der Waals surface area contributed by atoms with Gasteiger partial charge in [0.2, 0.25) is 0 Å². The second-order valence-corrected chi connectivity index (χ2v) is 4.73. The van der Waals surface area contributed by atoms with Gasteiger partial charge in [-0.25, -0.2) is 4.39 Å². The maximum atomic E-state index is 13.0. The van der Waals surface area contributed by atoms with Crippen molar-refractivity contribution in [3.63, 3.8) is 0 Å². The van der Waals surface area contributed by atoms with E-state index < -0.39 is 0 Å². The molecule has 0 saturated heterocycles. The van der Waals surface area contributed by atoms with Crippen LogP contribution in [0.1, 0.15) is 13.8 Å². The Bertz CT molecular complexity index is 522. The van der Waals surface area contributed by atoms with Gasteiger partial charge in [-0.05, 0) is 24.1 Å². The summed E-state index contributed by atoms with van der Waals surface area (Å²) in [5, 5.41) is 8.26. The maximum absolute atomic E-state index is 13.0. The molecule has 1 aromatic carbocycles. The molecule has 0 spiro atoms. The zero-order chi connectivity index (χ0) is 12.4. The molecule has 1 aromatic heterocycles. The number of rotatable bonds is 3. The van der Waals surface area contributed by atoms with Crippen LogP contribution in [-0.2, 0) is 6.54 Å². The lowest BCUT2D eigenvalue weighted by atomic mass is 10.2. The molecule has 2 aromatic rings. The molecule has 0 aliphatic carbocycles. The van der Waals surface area contributed by atoms with Gasteiger partial charge in [0, 0.05) is 12.1 Å². The predicted molar refractivity (Wildman–Crippen MR) is 65.3 cm³/mol. The highest BCUT2D eigenvalue weighted by Gasteiger charge is 2.12. The molecule has 1 heterocycles. The van der Waals surface area contributed by atoms with Gasteiger partial charge < -0.3 is 4.57 Å². The number of nitrogens with zero attached hydrogens (tertiary/aromatic N) is 3. The molecule has 0 atom stereocenters. The summed E-state index contributed by atoms with van der Waals surface area (Å²) >= 11 is 6.01. The largest absolute Gasteiger partial charge is 0.313 e. The Balaban J connectivity index is 2.42. The van der Waals surface area contributed by atoms with Gasteiger partial charge in [-0.2, -0.15) is 0 Å². The van der Waals surface area contributed by atoms with E-state index in [9.17, 15) is 4.39 Å². The minimum absolute atomic E-state index is 0.350. The lowest BCUT2D eigenvalue weighted by Crippen LogP contribution is -2.05. The van der Waals surface area contributed by atoms with Crippen molar-refractivity contribution in [3.05, 3.63) is 35.4 Å². The first-order valence-corrected chi connectivity index (χ1v) is 5.79. The Labute approximate surface area is 104 Å². The van der Waals surface area contributed by atoms with Crippen LogP contribution in [0.5, 0.6) is 0 Å². The van der Waals surface area contributed by atoms with E-state index in [0.717, 1.165) is 6.54 Å². The molecule has 3 nitrogen and oxygen atoms in total. The van der Waals surface area contributed by atoms with Crippen LogP contribution in [0.25, 0.3) is 11.4 Å². The predicted octanol–water partition coefficient (Wildman–Crippen LogP) is 3.39. The smallest absolute Gasteiger partial charge is 0.165 e. The molecule has 0 saturated carbocycles. The van der Waals surface area contributed by atoms with Crippen molar-refractivity contribution < 1.29 is 4.39 Å². The van der Waals surface area contributed by atoms with Crippen LogP contribution in [-0.4, -0.2) is 14.8 Å². The van der Waals surface area contributed by atoms with E-state index in [1.54, 1.807) is 12.4 Å². The Hall–Kier alpha value is -1.42. The third kappa shape index (κ3) is 2.64. The van der Waals surface area contributed by atoms with Crippen molar-refractivity contribution >= 4 is 11.6 Å². The fourth-order valence-electron chi connectivity index (χ4n) is 1.66. The minimum Gasteiger partial charge on any atom is -0.313 e. The van der Waals surface area contributed by atoms with E-state index >= 15 is 0 Å². The SMILES string of the molecule is CC(C)Cn1cnnc1-c1ccc(F)cc1Cl. The van der Waals surface area contributed by atoms with Crippen molar-refractivity contribution in [1.82, 2.24) is 14.8 Å². The molecule has 0 aliphatic heterocycles. The van der Waals surface area contributed by atoms with E-state index in [2.05, 4.69) is 24.0 Å². The first-order chi connectivity index (χ1) is 8.08. The second kappa shape index (κ2) is 4.84. The quantitative estimate of drug-likeness (QED) is 0.839. The van der Waals surface area contributed by atoms with Gasteiger partial charge in [-0.15, -0.1) is 10.2 Å². The molecule has 0 amide bonds. The van der Waals surface area contributed by atoms with Gasteiger partial charge >= 0.3 is 0 Å². The lowest BCUT2D eigenvalue weighted by Gasteiger charge is -2.09. The zero-order valence-corrected chi connectivity index (χ0v) is 10.4. The first-order valence-electron chi connectivity index (χ1n) is 5.41. The average Bonchev–Trinajstić information content (AvgIpc) is 2.65. The van der Waals surface area contributed by atoms with Crippen molar-refractivity contribution in [2.75, 3.05) is 0 Å². The molecule has 0 fully saturated rings. The van der Waals surface area contributed by atoms with E-state index in [4.69, 9.17) is 11.6 Å². The van der Waals surface area contributed by atoms with E-state index in [-0.39, 0.29) is 5.82 Å². The molecule has 0 bridgehead atoms. The third-order valence-corrected chi connectivity index (χ3v) is 2.66. The summed E-state index contributed by atoms with van der Waals surface area (Å²) in [5.41, 5.74) is 0.700. The Morgan fingerprint density at radius 3 is 2.82 bits per heavy atom. The number of hydrogen-bond acceptors (Lipinski definition) is 2. The van der Waals surface area contributed by atoms with Gasteiger partial charge in [0.05, 0.1) is 5.02 Å². The Morgan fingerprint density at radius 1 is 1.41 bits per heavy atom. The molecule has 0 unspecified atom stereocenters. The molecular weight excluding hydrogens is 241 g/mol. The Morgan fingerprint density at radius 2 is 2.18 bits per heavy atom.